The fourth-order valence-electron chi connectivity index (χ4n) is 2.88. The van der Waals surface area contributed by atoms with Gasteiger partial charge in [0.1, 0.15) is 6.10 Å². The van der Waals surface area contributed by atoms with Crippen molar-refractivity contribution in [3.05, 3.63) is 101 Å². The van der Waals surface area contributed by atoms with E-state index < -0.39 is 24.1 Å². The van der Waals surface area contributed by atoms with Gasteiger partial charge in [-0.05, 0) is 17.7 Å². The Morgan fingerprint density at radius 1 is 0.852 bits per heavy atom. The fraction of sp³-hybridized carbons (Fsp3) is 0.100. The molecule has 138 valence electrons. The van der Waals surface area contributed by atoms with E-state index >= 15 is 4.39 Å². The number of benzene rings is 3. The molecule has 0 unspecified atom stereocenters. The van der Waals surface area contributed by atoms with Crippen molar-refractivity contribution in [3.63, 3.8) is 0 Å². The number of non-ortho nitro benzene ring substituents is 1. The Hall–Kier alpha value is -2.82. The van der Waals surface area contributed by atoms with Crippen molar-refractivity contribution in [2.75, 3.05) is 0 Å². The second-order valence-electron chi connectivity index (χ2n) is 6.00. The minimum Gasteiger partial charge on any atom is -0.385 e. The molecule has 27 heavy (non-hydrogen) atoms. The Labute approximate surface area is 155 Å². The van der Waals surface area contributed by atoms with Gasteiger partial charge in [-0.3, -0.25) is 10.1 Å². The van der Waals surface area contributed by atoms with Gasteiger partial charge in [-0.15, -0.1) is 0 Å². The highest BCUT2D eigenvalue weighted by Crippen LogP contribution is 2.53. The third-order valence-corrected chi connectivity index (χ3v) is 7.44. The summed E-state index contributed by atoms with van der Waals surface area (Å²) in [6.45, 7) is 0. The van der Waals surface area contributed by atoms with Crippen molar-refractivity contribution in [2.24, 2.45) is 0 Å². The third-order valence-electron chi connectivity index (χ3n) is 4.33. The molecule has 5 nitrogen and oxygen atoms in total. The zero-order valence-electron chi connectivity index (χ0n) is 14.2. The van der Waals surface area contributed by atoms with Gasteiger partial charge in [-0.1, -0.05) is 60.7 Å². The van der Waals surface area contributed by atoms with E-state index in [9.17, 15) is 19.8 Å². The third kappa shape index (κ3) is 3.68. The molecule has 3 aromatic rings. The number of alkyl halides is 1. The number of aliphatic hydroxyl groups excluding tert-OH is 1. The molecule has 0 heterocycles. The molecule has 0 saturated heterocycles. The number of nitrogens with zero attached hydrogens (tertiary/aromatic N) is 1. The summed E-state index contributed by atoms with van der Waals surface area (Å²) >= 11 is 0. The average molecular weight is 385 g/mol. The Morgan fingerprint density at radius 2 is 1.30 bits per heavy atom. The number of hydrogen-bond donors (Lipinski definition) is 1. The minimum atomic E-state index is -3.82. The monoisotopic (exact) mass is 385 g/mol. The topological polar surface area (TPSA) is 80.4 Å². The van der Waals surface area contributed by atoms with E-state index in [0.29, 0.717) is 10.6 Å². The molecule has 0 radical (unpaired) electrons. The van der Waals surface area contributed by atoms with Gasteiger partial charge in [-0.25, -0.2) is 4.39 Å². The Balaban J connectivity index is 2.04. The van der Waals surface area contributed by atoms with E-state index in [2.05, 4.69) is 0 Å². The lowest BCUT2D eigenvalue weighted by Crippen LogP contribution is -2.27. The molecule has 0 aliphatic carbocycles. The van der Waals surface area contributed by atoms with Crippen LogP contribution in [0.4, 0.5) is 10.1 Å². The van der Waals surface area contributed by atoms with Crippen LogP contribution in [-0.2, 0) is 4.57 Å². The van der Waals surface area contributed by atoms with Crippen molar-refractivity contribution < 1.29 is 19.0 Å². The van der Waals surface area contributed by atoms with Crippen LogP contribution in [0, 0.1) is 10.1 Å². The first-order valence-electron chi connectivity index (χ1n) is 8.22. The summed E-state index contributed by atoms with van der Waals surface area (Å²) in [5.41, 5.74) is -0.0455. The standard InChI is InChI=1S/C20H17FNO4P/c21-20(19(23)15-11-13-16(14-12-15)22(24)25)27(26,17-7-3-1-4-8-17)18-9-5-2-6-10-18/h1-14,19-20,23H/t19-,20-/m1/s1. The van der Waals surface area contributed by atoms with Crippen LogP contribution in [0.5, 0.6) is 0 Å². The summed E-state index contributed by atoms with van der Waals surface area (Å²) in [5, 5.41) is 21.9. The van der Waals surface area contributed by atoms with Crippen LogP contribution >= 0.6 is 7.14 Å². The molecule has 0 aromatic heterocycles. The van der Waals surface area contributed by atoms with Gasteiger partial charge in [0.2, 0.25) is 0 Å². The van der Waals surface area contributed by atoms with Crippen molar-refractivity contribution in [3.8, 4) is 0 Å². The smallest absolute Gasteiger partial charge is 0.269 e. The quantitative estimate of drug-likeness (QED) is 0.396. The van der Waals surface area contributed by atoms with Crippen LogP contribution in [0.25, 0.3) is 0 Å². The summed E-state index contributed by atoms with van der Waals surface area (Å²) in [6.07, 6.45) is -1.70. The first-order chi connectivity index (χ1) is 12.9. The Morgan fingerprint density at radius 3 is 1.70 bits per heavy atom. The number of nitro benzene ring substituents is 1. The minimum absolute atomic E-state index is 0.125. The maximum Gasteiger partial charge on any atom is 0.269 e. The number of nitro groups is 1. The van der Waals surface area contributed by atoms with E-state index in [1.807, 2.05) is 0 Å². The Kier molecular flexibility index (Phi) is 5.49. The van der Waals surface area contributed by atoms with E-state index in [1.54, 1.807) is 60.7 Å². The van der Waals surface area contributed by atoms with Gasteiger partial charge in [-0.2, -0.15) is 0 Å². The van der Waals surface area contributed by atoms with E-state index in [4.69, 9.17) is 0 Å². The van der Waals surface area contributed by atoms with Crippen LogP contribution < -0.4 is 10.6 Å². The predicted octanol–water partition coefficient (Wildman–Crippen LogP) is 3.94. The van der Waals surface area contributed by atoms with Gasteiger partial charge in [0.05, 0.1) is 4.92 Å². The zero-order chi connectivity index (χ0) is 19.4. The molecule has 0 fully saturated rings. The second-order valence-corrected chi connectivity index (χ2v) is 8.84. The second kappa shape index (κ2) is 7.82. The highest BCUT2D eigenvalue weighted by atomic mass is 31.2. The van der Waals surface area contributed by atoms with Crippen LogP contribution in [0.3, 0.4) is 0 Å². The summed E-state index contributed by atoms with van der Waals surface area (Å²) in [5.74, 6) is -2.11. The van der Waals surface area contributed by atoms with Crippen molar-refractivity contribution >= 4 is 23.4 Å². The van der Waals surface area contributed by atoms with Crippen molar-refractivity contribution in [1.82, 2.24) is 0 Å². The number of aliphatic hydroxyl groups is 1. The average Bonchev–Trinajstić information content (AvgIpc) is 2.73. The number of halogens is 1. The van der Waals surface area contributed by atoms with Gasteiger partial charge in [0, 0.05) is 22.7 Å². The summed E-state index contributed by atoms with van der Waals surface area (Å²) in [4.78, 5) is 10.2. The molecule has 0 bridgehead atoms. The summed E-state index contributed by atoms with van der Waals surface area (Å²) in [6, 6.07) is 21.3. The molecule has 3 aromatic carbocycles. The molecule has 0 saturated carbocycles. The summed E-state index contributed by atoms with van der Waals surface area (Å²) in [7, 11) is -3.82. The SMILES string of the molecule is O=[N+]([O-])c1ccc([C@@H](O)[C@H](F)P(=O)(c2ccccc2)c2ccccc2)cc1. The lowest BCUT2D eigenvalue weighted by Gasteiger charge is -2.26. The first kappa shape index (κ1) is 19.0. The molecule has 3 rings (SSSR count). The molecule has 7 heteroatoms. The lowest BCUT2D eigenvalue weighted by molar-refractivity contribution is -0.384. The fourth-order valence-corrected chi connectivity index (χ4v) is 5.55. The molecular weight excluding hydrogens is 368 g/mol. The Bertz CT molecular complexity index is 921. The van der Waals surface area contributed by atoms with Crippen LogP contribution in [0.1, 0.15) is 11.7 Å². The van der Waals surface area contributed by atoms with Crippen molar-refractivity contribution in [2.45, 2.75) is 12.0 Å². The number of hydrogen-bond acceptors (Lipinski definition) is 4. The van der Waals surface area contributed by atoms with Gasteiger partial charge >= 0.3 is 0 Å². The van der Waals surface area contributed by atoms with Crippen LogP contribution in [-0.4, -0.2) is 15.9 Å². The normalized spacial score (nSPS) is 13.7. The van der Waals surface area contributed by atoms with E-state index in [-0.39, 0.29) is 11.3 Å². The van der Waals surface area contributed by atoms with Gasteiger partial charge in [0.25, 0.3) is 5.69 Å². The van der Waals surface area contributed by atoms with Crippen molar-refractivity contribution in [1.29, 1.82) is 0 Å². The van der Waals surface area contributed by atoms with E-state index in [1.165, 1.54) is 24.3 Å². The van der Waals surface area contributed by atoms with Crippen LogP contribution in [0.15, 0.2) is 84.9 Å². The lowest BCUT2D eigenvalue weighted by atomic mass is 10.1. The van der Waals surface area contributed by atoms with E-state index in [0.717, 1.165) is 0 Å². The highest BCUT2D eigenvalue weighted by molar-refractivity contribution is 7.79. The largest absolute Gasteiger partial charge is 0.385 e. The maximum absolute atomic E-state index is 15.5. The maximum atomic E-state index is 15.5. The molecular formula is C20H17FNO4P. The van der Waals surface area contributed by atoms with Crippen LogP contribution in [0.2, 0.25) is 0 Å². The molecule has 0 aliphatic rings. The van der Waals surface area contributed by atoms with Gasteiger partial charge < -0.3 is 9.67 Å². The molecule has 0 spiro atoms. The first-order valence-corrected chi connectivity index (χ1v) is 9.99. The molecule has 2 atom stereocenters. The number of rotatable bonds is 6. The van der Waals surface area contributed by atoms with Gasteiger partial charge in [0.15, 0.2) is 13.1 Å². The zero-order valence-corrected chi connectivity index (χ0v) is 15.1. The highest BCUT2D eigenvalue weighted by Gasteiger charge is 2.42. The summed E-state index contributed by atoms with van der Waals surface area (Å²) < 4.78 is 29.4. The predicted molar refractivity (Wildman–Crippen MR) is 103 cm³/mol. The molecule has 0 aliphatic heterocycles. The molecule has 1 N–H and O–H groups in total. The molecule has 0 amide bonds.